The number of pyridine rings is 2. The van der Waals surface area contributed by atoms with Crippen molar-refractivity contribution in [3.8, 4) is 0 Å². The molecule has 7 nitrogen and oxygen atoms in total. The smallest absolute Gasteiger partial charge is 0.254 e. The van der Waals surface area contributed by atoms with Crippen LogP contribution in [0.3, 0.4) is 0 Å². The van der Waals surface area contributed by atoms with Crippen molar-refractivity contribution in [2.45, 2.75) is 25.7 Å². The van der Waals surface area contributed by atoms with E-state index in [1.807, 2.05) is 28.0 Å². The van der Waals surface area contributed by atoms with Gasteiger partial charge < -0.3 is 14.7 Å². The van der Waals surface area contributed by atoms with E-state index in [4.69, 9.17) is 11.6 Å². The predicted molar refractivity (Wildman–Crippen MR) is 120 cm³/mol. The average Bonchev–Trinajstić information content (AvgIpc) is 2.83. The lowest BCUT2D eigenvalue weighted by atomic mass is 9.92. The van der Waals surface area contributed by atoms with Crippen molar-refractivity contribution in [1.82, 2.24) is 19.8 Å². The Labute approximate surface area is 188 Å². The first-order valence-corrected chi connectivity index (χ1v) is 11.3. The highest BCUT2D eigenvalue weighted by atomic mass is 35.5. The van der Waals surface area contributed by atoms with E-state index in [0.29, 0.717) is 29.6 Å². The minimum absolute atomic E-state index is 0.00836. The molecule has 0 unspecified atom stereocenters. The molecule has 0 radical (unpaired) electrons. The summed E-state index contributed by atoms with van der Waals surface area (Å²) in [6.45, 7) is 4.52. The van der Waals surface area contributed by atoms with Crippen LogP contribution in [0, 0.1) is 5.92 Å². The molecule has 0 bridgehead atoms. The molecule has 2 aromatic heterocycles. The third-order valence-corrected chi connectivity index (χ3v) is 6.36. The van der Waals surface area contributed by atoms with Crippen LogP contribution >= 0.6 is 11.6 Å². The Hall–Kier alpha value is -2.67. The van der Waals surface area contributed by atoms with Crippen LogP contribution in [0.25, 0.3) is 0 Å². The van der Waals surface area contributed by atoms with Crippen molar-refractivity contribution in [2.75, 3.05) is 44.2 Å². The fourth-order valence-corrected chi connectivity index (χ4v) is 4.59. The molecule has 2 aliphatic rings. The number of piperidine rings is 1. The fraction of sp³-hybridized carbons (Fsp3) is 0.478. The summed E-state index contributed by atoms with van der Waals surface area (Å²) < 4.78 is 0. The first-order chi connectivity index (χ1) is 15.1. The quantitative estimate of drug-likeness (QED) is 0.667. The summed E-state index contributed by atoms with van der Waals surface area (Å²) in [7, 11) is 0. The molecular formula is C23H28ClN5O2. The van der Waals surface area contributed by atoms with Gasteiger partial charge in [0.15, 0.2) is 0 Å². The van der Waals surface area contributed by atoms with Crippen LogP contribution in [0.1, 0.15) is 36.0 Å². The number of rotatable bonds is 5. The number of carbonyl (C=O) groups is 2. The molecule has 0 aliphatic carbocycles. The molecule has 4 heterocycles. The molecule has 0 aromatic carbocycles. The molecule has 2 aliphatic heterocycles. The van der Waals surface area contributed by atoms with Gasteiger partial charge in [-0.3, -0.25) is 9.59 Å². The van der Waals surface area contributed by atoms with Crippen LogP contribution in [0.5, 0.6) is 0 Å². The Balaban J connectivity index is 1.23. The second-order valence-corrected chi connectivity index (χ2v) is 8.61. The van der Waals surface area contributed by atoms with Gasteiger partial charge in [-0.15, -0.1) is 0 Å². The number of halogens is 1. The zero-order valence-electron chi connectivity index (χ0n) is 17.6. The number of piperazine rings is 1. The minimum atomic E-state index is -0.00836. The highest BCUT2D eigenvalue weighted by Gasteiger charge is 2.27. The second-order valence-electron chi connectivity index (χ2n) is 8.22. The molecule has 0 N–H and O–H groups in total. The summed E-state index contributed by atoms with van der Waals surface area (Å²) in [4.78, 5) is 39.9. The van der Waals surface area contributed by atoms with Gasteiger partial charge in [0.1, 0.15) is 11.0 Å². The number of anilines is 1. The summed E-state index contributed by atoms with van der Waals surface area (Å²) in [5.74, 6) is 1.53. The lowest BCUT2D eigenvalue weighted by Crippen LogP contribution is -2.49. The van der Waals surface area contributed by atoms with E-state index in [1.165, 1.54) is 0 Å². The molecule has 2 amide bonds. The number of aromatic nitrogens is 2. The first kappa shape index (κ1) is 21.6. The SMILES string of the molecule is O=C(CC[C@@H]1CCCN(C(=O)c2ccnc(Cl)c2)C1)N1CCN(c2ccccn2)CC1. The Bertz CT molecular complexity index is 902. The Morgan fingerprint density at radius 1 is 1.00 bits per heavy atom. The van der Waals surface area contributed by atoms with Crippen molar-refractivity contribution < 1.29 is 9.59 Å². The fourth-order valence-electron chi connectivity index (χ4n) is 4.41. The van der Waals surface area contributed by atoms with Crippen LogP contribution in [-0.4, -0.2) is 70.9 Å². The number of carbonyl (C=O) groups excluding carboxylic acids is 2. The predicted octanol–water partition coefficient (Wildman–Crippen LogP) is 3.11. The summed E-state index contributed by atoms with van der Waals surface area (Å²) in [6, 6.07) is 9.22. The third-order valence-electron chi connectivity index (χ3n) is 6.15. The van der Waals surface area contributed by atoms with Crippen molar-refractivity contribution in [1.29, 1.82) is 0 Å². The van der Waals surface area contributed by atoms with Gasteiger partial charge in [-0.1, -0.05) is 17.7 Å². The molecule has 4 rings (SSSR count). The van der Waals surface area contributed by atoms with Crippen molar-refractivity contribution in [3.05, 3.63) is 53.4 Å². The number of likely N-dealkylation sites (tertiary alicyclic amines) is 1. The number of hydrogen-bond donors (Lipinski definition) is 0. The van der Waals surface area contributed by atoms with Gasteiger partial charge in [-0.05, 0) is 49.4 Å². The van der Waals surface area contributed by atoms with Gasteiger partial charge in [0.25, 0.3) is 5.91 Å². The molecule has 0 spiro atoms. The maximum absolute atomic E-state index is 12.8. The van der Waals surface area contributed by atoms with Gasteiger partial charge in [0.2, 0.25) is 5.91 Å². The number of hydrogen-bond acceptors (Lipinski definition) is 5. The average molecular weight is 442 g/mol. The Morgan fingerprint density at radius 2 is 1.84 bits per heavy atom. The van der Waals surface area contributed by atoms with Crippen LogP contribution in [0.2, 0.25) is 5.15 Å². The lowest BCUT2D eigenvalue weighted by Gasteiger charge is -2.36. The van der Waals surface area contributed by atoms with Gasteiger partial charge in [0, 0.05) is 63.6 Å². The number of nitrogens with zero attached hydrogens (tertiary/aromatic N) is 5. The van der Waals surface area contributed by atoms with Crippen LogP contribution in [-0.2, 0) is 4.79 Å². The third kappa shape index (κ3) is 5.53. The van der Waals surface area contributed by atoms with Crippen LogP contribution in [0.4, 0.5) is 5.82 Å². The van der Waals surface area contributed by atoms with Crippen LogP contribution < -0.4 is 4.90 Å². The van der Waals surface area contributed by atoms with E-state index in [1.54, 1.807) is 24.5 Å². The Morgan fingerprint density at radius 3 is 2.58 bits per heavy atom. The summed E-state index contributed by atoms with van der Waals surface area (Å²) in [5.41, 5.74) is 0.572. The molecule has 8 heteroatoms. The first-order valence-electron chi connectivity index (χ1n) is 10.9. The molecule has 31 heavy (non-hydrogen) atoms. The maximum atomic E-state index is 12.8. The zero-order valence-corrected chi connectivity index (χ0v) is 18.4. The topological polar surface area (TPSA) is 69.6 Å². The van der Waals surface area contributed by atoms with E-state index >= 15 is 0 Å². The molecule has 1 atom stereocenters. The maximum Gasteiger partial charge on any atom is 0.254 e. The number of amides is 2. The van der Waals surface area contributed by atoms with Crippen molar-refractivity contribution in [2.24, 2.45) is 5.92 Å². The molecule has 2 aromatic rings. The van der Waals surface area contributed by atoms with Crippen molar-refractivity contribution >= 4 is 29.2 Å². The Kier molecular flexibility index (Phi) is 7.02. The highest BCUT2D eigenvalue weighted by Crippen LogP contribution is 2.24. The van der Waals surface area contributed by atoms with E-state index in [9.17, 15) is 9.59 Å². The van der Waals surface area contributed by atoms with E-state index in [2.05, 4.69) is 14.9 Å². The van der Waals surface area contributed by atoms with E-state index in [0.717, 1.165) is 57.8 Å². The second kappa shape index (κ2) is 10.1. The van der Waals surface area contributed by atoms with Crippen molar-refractivity contribution in [3.63, 3.8) is 0 Å². The van der Waals surface area contributed by atoms with E-state index < -0.39 is 0 Å². The van der Waals surface area contributed by atoms with Gasteiger partial charge in [-0.25, -0.2) is 9.97 Å². The molecule has 2 saturated heterocycles. The monoisotopic (exact) mass is 441 g/mol. The van der Waals surface area contributed by atoms with Crippen LogP contribution in [0.15, 0.2) is 42.7 Å². The minimum Gasteiger partial charge on any atom is -0.353 e. The van der Waals surface area contributed by atoms with Gasteiger partial charge >= 0.3 is 0 Å². The normalized spacial score (nSPS) is 19.4. The zero-order chi connectivity index (χ0) is 21.6. The lowest BCUT2D eigenvalue weighted by molar-refractivity contribution is -0.131. The summed E-state index contributed by atoms with van der Waals surface area (Å²) in [6.07, 6.45) is 6.74. The van der Waals surface area contributed by atoms with Gasteiger partial charge in [-0.2, -0.15) is 0 Å². The molecule has 2 fully saturated rings. The largest absolute Gasteiger partial charge is 0.353 e. The molecular weight excluding hydrogens is 414 g/mol. The highest BCUT2D eigenvalue weighted by molar-refractivity contribution is 6.29. The molecule has 0 saturated carbocycles. The summed E-state index contributed by atoms with van der Waals surface area (Å²) >= 11 is 5.93. The van der Waals surface area contributed by atoms with E-state index in [-0.39, 0.29) is 11.8 Å². The standard InChI is InChI=1S/C23H28ClN5O2/c24-20-16-19(8-10-25-20)23(31)29-11-3-4-18(17-29)6-7-22(30)28-14-12-27(13-15-28)21-5-1-2-9-26-21/h1-2,5,8-10,16,18H,3-4,6-7,11-15,17H2/t18-/m0/s1. The summed E-state index contributed by atoms with van der Waals surface area (Å²) in [5, 5.41) is 0.327. The van der Waals surface area contributed by atoms with Gasteiger partial charge in [0.05, 0.1) is 0 Å². The molecule has 164 valence electrons.